The van der Waals surface area contributed by atoms with Crippen molar-refractivity contribution < 1.29 is 23.1 Å². The number of nitrogens with one attached hydrogen (secondary N) is 1. The molecule has 6 nitrogen and oxygen atoms in total. The molecule has 1 amide bonds. The second-order valence-electron chi connectivity index (χ2n) is 4.52. The minimum absolute atomic E-state index is 0.0382. The Morgan fingerprint density at radius 1 is 1.48 bits per heavy atom. The lowest BCUT2D eigenvalue weighted by Crippen LogP contribution is -2.35. The monoisotopic (exact) mass is 335 g/mol. The number of carbonyl (C=O) groups excluding carboxylic acids is 1. The lowest BCUT2D eigenvalue weighted by atomic mass is 10.3. The maximum atomic E-state index is 12.1. The summed E-state index contributed by atoms with van der Waals surface area (Å²) >= 11 is 5.89. The number of hydrogen-bond acceptors (Lipinski definition) is 5. The van der Waals surface area contributed by atoms with Crippen LogP contribution in [0.3, 0.4) is 0 Å². The maximum Gasteiger partial charge on any atom is 0.221 e. The second kappa shape index (κ2) is 7.63. The van der Waals surface area contributed by atoms with Crippen LogP contribution in [0, 0.1) is 0 Å². The average Bonchev–Trinajstić information content (AvgIpc) is 2.45. The summed E-state index contributed by atoms with van der Waals surface area (Å²) in [5, 5.41) is 11.5. The molecule has 0 aliphatic rings. The third kappa shape index (κ3) is 5.18. The number of methoxy groups -OCH3 is 1. The molecule has 0 aromatic heterocycles. The van der Waals surface area contributed by atoms with Gasteiger partial charge in [-0.3, -0.25) is 4.79 Å². The number of sulfone groups is 1. The van der Waals surface area contributed by atoms with Crippen molar-refractivity contribution in [3.63, 3.8) is 0 Å². The van der Waals surface area contributed by atoms with Crippen molar-refractivity contribution in [3.8, 4) is 5.75 Å². The third-order valence-corrected chi connectivity index (χ3v) is 4.77. The normalized spacial score (nSPS) is 12.8. The summed E-state index contributed by atoms with van der Waals surface area (Å²) in [6, 6.07) is 3.73. The molecule has 2 N–H and O–H groups in total. The zero-order valence-electron chi connectivity index (χ0n) is 11.8. The van der Waals surface area contributed by atoms with E-state index in [1.807, 2.05) is 0 Å². The van der Waals surface area contributed by atoms with Gasteiger partial charge in [0, 0.05) is 12.5 Å². The van der Waals surface area contributed by atoms with E-state index >= 15 is 0 Å². The van der Waals surface area contributed by atoms with Gasteiger partial charge in [0.25, 0.3) is 0 Å². The van der Waals surface area contributed by atoms with Gasteiger partial charge in [0.15, 0.2) is 9.84 Å². The van der Waals surface area contributed by atoms with E-state index in [1.54, 1.807) is 6.92 Å². The first-order valence-corrected chi connectivity index (χ1v) is 8.29. The Hall–Kier alpha value is -1.31. The minimum Gasteiger partial charge on any atom is -0.495 e. The highest BCUT2D eigenvalue weighted by molar-refractivity contribution is 7.91. The van der Waals surface area contributed by atoms with E-state index < -0.39 is 21.8 Å². The van der Waals surface area contributed by atoms with Crippen molar-refractivity contribution in [3.05, 3.63) is 23.2 Å². The summed E-state index contributed by atoms with van der Waals surface area (Å²) in [5.74, 6) is -0.385. The van der Waals surface area contributed by atoms with Crippen LogP contribution in [0.4, 0.5) is 0 Å². The summed E-state index contributed by atoms with van der Waals surface area (Å²) in [5.41, 5.74) is 0. The van der Waals surface area contributed by atoms with Crippen LogP contribution in [0.5, 0.6) is 5.75 Å². The van der Waals surface area contributed by atoms with Crippen molar-refractivity contribution in [2.75, 3.05) is 19.5 Å². The molecule has 0 heterocycles. The fourth-order valence-corrected chi connectivity index (χ4v) is 3.16. The van der Waals surface area contributed by atoms with Crippen LogP contribution < -0.4 is 10.1 Å². The molecule has 0 radical (unpaired) electrons. The summed E-state index contributed by atoms with van der Waals surface area (Å²) in [6.45, 7) is 1.42. The standard InChI is InChI=1S/C13H18ClNO5S/c1-9(8-16)15-13(17)5-6-21(18,19)10-3-4-12(20-2)11(14)7-10/h3-4,7,9,16H,5-6,8H2,1-2H3,(H,15,17). The highest BCUT2D eigenvalue weighted by atomic mass is 35.5. The second-order valence-corrected chi connectivity index (χ2v) is 7.03. The molecular weight excluding hydrogens is 318 g/mol. The van der Waals surface area contributed by atoms with E-state index in [2.05, 4.69) is 5.32 Å². The number of amides is 1. The van der Waals surface area contributed by atoms with E-state index in [-0.39, 0.29) is 28.7 Å². The van der Waals surface area contributed by atoms with Crippen LogP contribution >= 0.6 is 11.6 Å². The molecule has 0 saturated carbocycles. The largest absolute Gasteiger partial charge is 0.495 e. The van der Waals surface area contributed by atoms with Gasteiger partial charge in [-0.1, -0.05) is 11.6 Å². The third-order valence-electron chi connectivity index (χ3n) is 2.76. The van der Waals surface area contributed by atoms with Gasteiger partial charge >= 0.3 is 0 Å². The highest BCUT2D eigenvalue weighted by Gasteiger charge is 2.18. The lowest BCUT2D eigenvalue weighted by Gasteiger charge is -2.11. The van der Waals surface area contributed by atoms with Crippen molar-refractivity contribution >= 4 is 27.3 Å². The van der Waals surface area contributed by atoms with Gasteiger partial charge in [-0.05, 0) is 25.1 Å². The van der Waals surface area contributed by atoms with E-state index in [0.29, 0.717) is 5.75 Å². The van der Waals surface area contributed by atoms with Gasteiger partial charge in [0.05, 0.1) is 29.4 Å². The number of halogens is 1. The van der Waals surface area contributed by atoms with Crippen LogP contribution in [0.15, 0.2) is 23.1 Å². The first-order chi connectivity index (χ1) is 9.80. The number of rotatable bonds is 7. The Balaban J connectivity index is 2.74. The van der Waals surface area contributed by atoms with Gasteiger partial charge in [-0.2, -0.15) is 0 Å². The van der Waals surface area contributed by atoms with Gasteiger partial charge < -0.3 is 15.2 Å². The maximum absolute atomic E-state index is 12.1. The van der Waals surface area contributed by atoms with E-state index in [4.69, 9.17) is 21.4 Å². The van der Waals surface area contributed by atoms with Crippen molar-refractivity contribution in [1.29, 1.82) is 0 Å². The van der Waals surface area contributed by atoms with Crippen molar-refractivity contribution in [2.24, 2.45) is 0 Å². The summed E-state index contributed by atoms with van der Waals surface area (Å²) in [4.78, 5) is 11.6. The first-order valence-electron chi connectivity index (χ1n) is 6.26. The Bertz CT molecular complexity index is 603. The molecule has 21 heavy (non-hydrogen) atoms. The zero-order chi connectivity index (χ0) is 16.0. The predicted octanol–water partition coefficient (Wildman–Crippen LogP) is 1.01. The molecule has 1 aromatic carbocycles. The molecule has 0 bridgehead atoms. The summed E-state index contributed by atoms with van der Waals surface area (Å²) in [7, 11) is -2.18. The number of carbonyl (C=O) groups is 1. The Morgan fingerprint density at radius 3 is 2.67 bits per heavy atom. The highest BCUT2D eigenvalue weighted by Crippen LogP contribution is 2.27. The fourth-order valence-electron chi connectivity index (χ4n) is 1.58. The van der Waals surface area contributed by atoms with Gasteiger partial charge in [0.1, 0.15) is 5.75 Å². The van der Waals surface area contributed by atoms with Crippen molar-refractivity contribution in [2.45, 2.75) is 24.3 Å². The molecule has 0 spiro atoms. The molecule has 0 saturated heterocycles. The molecule has 118 valence electrons. The topological polar surface area (TPSA) is 92.7 Å². The Morgan fingerprint density at radius 2 is 2.14 bits per heavy atom. The van der Waals surface area contributed by atoms with Crippen molar-refractivity contribution in [1.82, 2.24) is 5.32 Å². The smallest absolute Gasteiger partial charge is 0.221 e. The molecule has 8 heteroatoms. The molecule has 1 unspecified atom stereocenters. The van der Waals surface area contributed by atoms with E-state index in [0.717, 1.165) is 0 Å². The summed E-state index contributed by atoms with van der Waals surface area (Å²) in [6.07, 6.45) is -0.184. The first kappa shape index (κ1) is 17.7. The molecule has 1 rings (SSSR count). The molecule has 0 fully saturated rings. The molecular formula is C13H18ClNO5S. The number of hydrogen-bond donors (Lipinski definition) is 2. The number of ether oxygens (including phenoxy) is 1. The van der Waals surface area contributed by atoms with E-state index in [1.165, 1.54) is 25.3 Å². The number of benzene rings is 1. The van der Waals surface area contributed by atoms with Crippen LogP contribution in [0.2, 0.25) is 5.02 Å². The predicted molar refractivity (Wildman–Crippen MR) is 79.4 cm³/mol. The average molecular weight is 336 g/mol. The molecule has 1 aromatic rings. The van der Waals surface area contributed by atoms with Gasteiger partial charge in [-0.15, -0.1) is 0 Å². The zero-order valence-corrected chi connectivity index (χ0v) is 13.4. The van der Waals surface area contributed by atoms with Crippen LogP contribution in [-0.2, 0) is 14.6 Å². The van der Waals surface area contributed by atoms with Gasteiger partial charge in [0.2, 0.25) is 5.91 Å². The Kier molecular flexibility index (Phi) is 6.44. The van der Waals surface area contributed by atoms with E-state index in [9.17, 15) is 13.2 Å². The fraction of sp³-hybridized carbons (Fsp3) is 0.462. The molecule has 0 aliphatic carbocycles. The summed E-state index contributed by atoms with van der Waals surface area (Å²) < 4.78 is 29.2. The number of aliphatic hydroxyl groups is 1. The van der Waals surface area contributed by atoms with Crippen LogP contribution in [0.25, 0.3) is 0 Å². The quantitative estimate of drug-likeness (QED) is 0.775. The Labute approximate surface area is 129 Å². The van der Waals surface area contributed by atoms with Crippen LogP contribution in [0.1, 0.15) is 13.3 Å². The number of aliphatic hydroxyl groups excluding tert-OH is 1. The lowest BCUT2D eigenvalue weighted by molar-refractivity contribution is -0.121. The van der Waals surface area contributed by atoms with Crippen LogP contribution in [-0.4, -0.2) is 44.9 Å². The SMILES string of the molecule is COc1ccc(S(=O)(=O)CCC(=O)NC(C)CO)cc1Cl. The molecule has 1 atom stereocenters. The molecule has 0 aliphatic heterocycles. The van der Waals surface area contributed by atoms with Gasteiger partial charge in [-0.25, -0.2) is 8.42 Å². The minimum atomic E-state index is -3.61.